The van der Waals surface area contributed by atoms with Crippen molar-refractivity contribution in [2.24, 2.45) is 0 Å². The molecule has 0 spiro atoms. The van der Waals surface area contributed by atoms with Gasteiger partial charge >= 0.3 is 0 Å². The average Bonchev–Trinajstić information content (AvgIpc) is 3.29. The Kier molecular flexibility index (Phi) is 4.33. The van der Waals surface area contributed by atoms with Crippen molar-refractivity contribution >= 4 is 15.9 Å². The summed E-state index contributed by atoms with van der Waals surface area (Å²) in [5, 5.41) is 3.53. The van der Waals surface area contributed by atoms with Crippen LogP contribution in [-0.2, 0) is 13.2 Å². The Morgan fingerprint density at radius 3 is 2.90 bits per heavy atom. The number of aromatic nitrogens is 1. The van der Waals surface area contributed by atoms with Crippen molar-refractivity contribution in [1.29, 1.82) is 0 Å². The van der Waals surface area contributed by atoms with E-state index in [1.165, 1.54) is 18.4 Å². The van der Waals surface area contributed by atoms with E-state index in [9.17, 15) is 0 Å². The molecule has 1 fully saturated rings. The molecule has 20 heavy (non-hydrogen) atoms. The lowest BCUT2D eigenvalue weighted by Crippen LogP contribution is -2.16. The van der Waals surface area contributed by atoms with Crippen molar-refractivity contribution in [2.45, 2.75) is 32.0 Å². The van der Waals surface area contributed by atoms with Crippen LogP contribution >= 0.6 is 15.9 Å². The van der Waals surface area contributed by atoms with E-state index >= 15 is 0 Å². The molecule has 1 aliphatic rings. The molecular formula is C16H17BrN2O. The molecular weight excluding hydrogens is 316 g/mol. The van der Waals surface area contributed by atoms with Gasteiger partial charge in [0.1, 0.15) is 12.4 Å². The van der Waals surface area contributed by atoms with E-state index < -0.39 is 0 Å². The molecule has 104 valence electrons. The smallest absolute Gasteiger partial charge is 0.138 e. The second-order valence-electron chi connectivity index (χ2n) is 5.03. The maximum atomic E-state index is 5.98. The lowest BCUT2D eigenvalue weighted by molar-refractivity contribution is 0.299. The molecule has 1 aliphatic carbocycles. The van der Waals surface area contributed by atoms with Gasteiger partial charge in [-0.15, -0.1) is 0 Å². The monoisotopic (exact) mass is 332 g/mol. The fourth-order valence-corrected chi connectivity index (χ4v) is 2.56. The summed E-state index contributed by atoms with van der Waals surface area (Å²) in [6, 6.07) is 10.8. The fraction of sp³-hybridized carbons (Fsp3) is 0.312. The first-order chi connectivity index (χ1) is 9.83. The molecule has 4 heteroatoms. The van der Waals surface area contributed by atoms with Crippen molar-refractivity contribution in [3.05, 3.63) is 58.3 Å². The zero-order valence-corrected chi connectivity index (χ0v) is 12.8. The largest absolute Gasteiger partial charge is 0.487 e. The van der Waals surface area contributed by atoms with Gasteiger partial charge in [-0.3, -0.25) is 4.98 Å². The third-order valence-corrected chi connectivity index (χ3v) is 3.94. The molecule has 0 bridgehead atoms. The number of hydrogen-bond acceptors (Lipinski definition) is 3. The summed E-state index contributed by atoms with van der Waals surface area (Å²) in [7, 11) is 0. The van der Waals surface area contributed by atoms with E-state index in [1.54, 1.807) is 6.20 Å². The van der Waals surface area contributed by atoms with Crippen LogP contribution in [0.25, 0.3) is 0 Å². The Morgan fingerprint density at radius 2 is 2.15 bits per heavy atom. The SMILES string of the molecule is Brc1cccc(CNC2CC2)c1OCc1cccnc1. The highest BCUT2D eigenvalue weighted by Crippen LogP contribution is 2.30. The molecule has 0 amide bonds. The second-order valence-corrected chi connectivity index (χ2v) is 5.89. The highest BCUT2D eigenvalue weighted by Gasteiger charge is 2.21. The van der Waals surface area contributed by atoms with Crippen LogP contribution in [0.15, 0.2) is 47.2 Å². The Balaban J connectivity index is 1.69. The Morgan fingerprint density at radius 1 is 1.25 bits per heavy atom. The third-order valence-electron chi connectivity index (χ3n) is 3.31. The molecule has 0 saturated heterocycles. The average molecular weight is 333 g/mol. The summed E-state index contributed by atoms with van der Waals surface area (Å²) >= 11 is 3.57. The van der Waals surface area contributed by atoms with Crippen LogP contribution in [0.3, 0.4) is 0 Å². The first-order valence-corrected chi connectivity index (χ1v) is 7.65. The normalized spacial score (nSPS) is 14.2. The molecule has 1 saturated carbocycles. The molecule has 3 rings (SSSR count). The number of nitrogens with zero attached hydrogens (tertiary/aromatic N) is 1. The predicted octanol–water partition coefficient (Wildman–Crippen LogP) is 3.68. The summed E-state index contributed by atoms with van der Waals surface area (Å²) in [6.45, 7) is 1.39. The number of pyridine rings is 1. The van der Waals surface area contributed by atoms with Crippen molar-refractivity contribution in [3.63, 3.8) is 0 Å². The number of para-hydroxylation sites is 1. The minimum Gasteiger partial charge on any atom is -0.487 e. The predicted molar refractivity (Wildman–Crippen MR) is 82.6 cm³/mol. The van der Waals surface area contributed by atoms with E-state index in [1.807, 2.05) is 30.5 Å². The van der Waals surface area contributed by atoms with Crippen LogP contribution < -0.4 is 10.1 Å². The highest BCUT2D eigenvalue weighted by atomic mass is 79.9. The summed E-state index contributed by atoms with van der Waals surface area (Å²) < 4.78 is 6.98. The van der Waals surface area contributed by atoms with Crippen LogP contribution in [0.2, 0.25) is 0 Å². The topological polar surface area (TPSA) is 34.1 Å². The minimum atomic E-state index is 0.535. The summed E-state index contributed by atoms with van der Waals surface area (Å²) in [6.07, 6.45) is 6.19. The van der Waals surface area contributed by atoms with Gasteiger partial charge in [0.2, 0.25) is 0 Å². The van der Waals surface area contributed by atoms with Gasteiger partial charge in [-0.2, -0.15) is 0 Å². The van der Waals surface area contributed by atoms with Crippen LogP contribution in [0, 0.1) is 0 Å². The highest BCUT2D eigenvalue weighted by molar-refractivity contribution is 9.10. The van der Waals surface area contributed by atoms with E-state index in [-0.39, 0.29) is 0 Å². The molecule has 1 heterocycles. The van der Waals surface area contributed by atoms with Gasteiger partial charge in [-0.25, -0.2) is 0 Å². The van der Waals surface area contributed by atoms with Gasteiger partial charge in [0.25, 0.3) is 0 Å². The molecule has 0 unspecified atom stereocenters. The van der Waals surface area contributed by atoms with E-state index in [0.717, 1.165) is 22.3 Å². The number of nitrogens with one attached hydrogen (secondary N) is 1. The summed E-state index contributed by atoms with van der Waals surface area (Å²) in [5.41, 5.74) is 2.26. The Bertz CT molecular complexity index is 570. The van der Waals surface area contributed by atoms with Gasteiger partial charge < -0.3 is 10.1 Å². The third kappa shape index (κ3) is 3.58. The quantitative estimate of drug-likeness (QED) is 0.876. The van der Waals surface area contributed by atoms with Crippen molar-refractivity contribution < 1.29 is 4.74 Å². The molecule has 1 aromatic carbocycles. The fourth-order valence-electron chi connectivity index (χ4n) is 2.04. The molecule has 1 N–H and O–H groups in total. The number of ether oxygens (including phenoxy) is 1. The van der Waals surface area contributed by atoms with Crippen LogP contribution in [0.4, 0.5) is 0 Å². The number of hydrogen-bond donors (Lipinski definition) is 1. The van der Waals surface area contributed by atoms with E-state index in [0.29, 0.717) is 12.6 Å². The van der Waals surface area contributed by atoms with Crippen molar-refractivity contribution in [1.82, 2.24) is 10.3 Å². The van der Waals surface area contributed by atoms with Crippen molar-refractivity contribution in [3.8, 4) is 5.75 Å². The number of rotatable bonds is 6. The number of halogens is 1. The lowest BCUT2D eigenvalue weighted by atomic mass is 10.2. The Hall–Kier alpha value is -1.39. The maximum Gasteiger partial charge on any atom is 0.138 e. The van der Waals surface area contributed by atoms with Gasteiger partial charge in [0.05, 0.1) is 4.47 Å². The van der Waals surface area contributed by atoms with E-state index in [4.69, 9.17) is 4.74 Å². The van der Waals surface area contributed by atoms with Gasteiger partial charge in [-0.1, -0.05) is 18.2 Å². The zero-order chi connectivity index (χ0) is 13.8. The van der Waals surface area contributed by atoms with Crippen LogP contribution in [0.1, 0.15) is 24.0 Å². The summed E-state index contributed by atoms with van der Waals surface area (Å²) in [5.74, 6) is 0.921. The molecule has 3 nitrogen and oxygen atoms in total. The van der Waals surface area contributed by atoms with E-state index in [2.05, 4.69) is 32.3 Å². The first kappa shape index (κ1) is 13.6. The zero-order valence-electron chi connectivity index (χ0n) is 11.2. The standard InChI is InChI=1S/C16H17BrN2O/c17-15-5-1-4-13(10-19-14-6-7-14)16(15)20-11-12-3-2-8-18-9-12/h1-5,8-9,14,19H,6-7,10-11H2. The minimum absolute atomic E-state index is 0.535. The van der Waals surface area contributed by atoms with Crippen LogP contribution in [-0.4, -0.2) is 11.0 Å². The molecule has 1 aromatic heterocycles. The Labute approximate surface area is 127 Å². The maximum absolute atomic E-state index is 5.98. The lowest BCUT2D eigenvalue weighted by Gasteiger charge is -2.14. The summed E-state index contributed by atoms with van der Waals surface area (Å²) in [4.78, 5) is 4.11. The van der Waals surface area contributed by atoms with Crippen LogP contribution in [0.5, 0.6) is 5.75 Å². The van der Waals surface area contributed by atoms with Gasteiger partial charge in [-0.05, 0) is 40.9 Å². The molecule has 0 aliphatic heterocycles. The number of benzene rings is 1. The van der Waals surface area contributed by atoms with Crippen molar-refractivity contribution in [2.75, 3.05) is 0 Å². The molecule has 0 radical (unpaired) electrons. The second kappa shape index (κ2) is 6.37. The first-order valence-electron chi connectivity index (χ1n) is 6.85. The van der Waals surface area contributed by atoms with Gasteiger partial charge in [0, 0.05) is 36.1 Å². The molecule has 2 aromatic rings. The van der Waals surface area contributed by atoms with Gasteiger partial charge in [0.15, 0.2) is 0 Å². The molecule has 0 atom stereocenters.